The Morgan fingerprint density at radius 3 is 2.37 bits per heavy atom. The van der Waals surface area contributed by atoms with Crippen LogP contribution < -0.4 is 0 Å². The van der Waals surface area contributed by atoms with Crippen molar-refractivity contribution >= 4 is 5.78 Å². The van der Waals surface area contributed by atoms with Gasteiger partial charge in [0.1, 0.15) is 5.41 Å². The lowest BCUT2D eigenvalue weighted by Crippen LogP contribution is -2.33. The molecule has 2 aliphatic rings. The van der Waals surface area contributed by atoms with Gasteiger partial charge in [0.2, 0.25) is 0 Å². The minimum Gasteiger partial charge on any atom is -0.261 e. The van der Waals surface area contributed by atoms with E-state index in [9.17, 15) is 17.6 Å². The number of allylic oxidation sites excluding steroid dienone is 2. The highest BCUT2D eigenvalue weighted by Crippen LogP contribution is 2.52. The average Bonchev–Trinajstić information content (AvgIpc) is 2.62. The lowest BCUT2D eigenvalue weighted by atomic mass is 9.76. The second-order valence-electron chi connectivity index (χ2n) is 5.11. The van der Waals surface area contributed by atoms with Gasteiger partial charge >= 0.3 is 5.78 Å². The van der Waals surface area contributed by atoms with Crippen LogP contribution in [-0.4, -0.2) is 12.9 Å². The number of ketones is 1. The third-order valence-corrected chi connectivity index (χ3v) is 4.10. The van der Waals surface area contributed by atoms with Crippen LogP contribution in [0.15, 0.2) is 12.2 Å². The summed E-state index contributed by atoms with van der Waals surface area (Å²) < 4.78 is 59.9. The summed E-state index contributed by atoms with van der Waals surface area (Å²) in [5, 5.41) is 0. The van der Waals surface area contributed by atoms with E-state index >= 15 is 0 Å². The SMILES string of the molecule is C[O+]=C1C=CC2CC1(C)c1c(F)c(F)c(F)c(F)c12. The summed E-state index contributed by atoms with van der Waals surface area (Å²) >= 11 is 0. The molecule has 1 aromatic carbocycles. The van der Waals surface area contributed by atoms with Crippen LogP contribution in [0.4, 0.5) is 17.6 Å². The number of rotatable bonds is 0. The largest absolute Gasteiger partial charge is 0.329 e. The van der Waals surface area contributed by atoms with Gasteiger partial charge in [-0.15, -0.1) is 0 Å². The van der Waals surface area contributed by atoms with Crippen LogP contribution in [0.25, 0.3) is 0 Å². The maximum atomic E-state index is 14.1. The van der Waals surface area contributed by atoms with E-state index in [1.165, 1.54) is 7.11 Å². The Bertz CT molecular complexity index is 648. The van der Waals surface area contributed by atoms with Gasteiger partial charge in [-0.3, -0.25) is 4.42 Å². The number of fused-ring (bicyclic) bond motifs is 5. The van der Waals surface area contributed by atoms with Gasteiger partial charge in [-0.2, -0.15) is 0 Å². The van der Waals surface area contributed by atoms with Crippen LogP contribution in [0.1, 0.15) is 30.4 Å². The van der Waals surface area contributed by atoms with Gasteiger partial charge in [-0.05, 0) is 13.3 Å². The minimum atomic E-state index is -1.76. The van der Waals surface area contributed by atoms with Crippen LogP contribution in [0.3, 0.4) is 0 Å². The summed E-state index contributed by atoms with van der Waals surface area (Å²) in [6, 6.07) is 0. The fourth-order valence-corrected chi connectivity index (χ4v) is 3.25. The zero-order chi connectivity index (χ0) is 13.9. The third-order valence-electron chi connectivity index (χ3n) is 4.10. The van der Waals surface area contributed by atoms with Gasteiger partial charge in [0, 0.05) is 23.1 Å². The Hall–Kier alpha value is -1.65. The topological polar surface area (TPSA) is 11.3 Å². The first-order chi connectivity index (χ1) is 8.91. The molecule has 0 aliphatic heterocycles. The second-order valence-corrected chi connectivity index (χ2v) is 5.11. The van der Waals surface area contributed by atoms with Crippen LogP contribution in [0.2, 0.25) is 0 Å². The normalized spacial score (nSPS) is 30.0. The molecule has 0 amide bonds. The minimum absolute atomic E-state index is 0.0952. The highest BCUT2D eigenvalue weighted by molar-refractivity contribution is 6.01. The molecular weight excluding hydrogens is 260 g/mol. The van der Waals surface area contributed by atoms with E-state index in [4.69, 9.17) is 4.42 Å². The third kappa shape index (κ3) is 1.33. The smallest absolute Gasteiger partial charge is 0.261 e. The summed E-state index contributed by atoms with van der Waals surface area (Å²) in [4.78, 5) is 0. The van der Waals surface area contributed by atoms with E-state index in [-0.39, 0.29) is 11.1 Å². The molecule has 2 unspecified atom stereocenters. The van der Waals surface area contributed by atoms with Crippen molar-refractivity contribution in [2.24, 2.45) is 0 Å². The molecule has 0 aromatic heterocycles. The van der Waals surface area contributed by atoms with Crippen molar-refractivity contribution in [2.75, 3.05) is 7.11 Å². The number of hydrogen-bond acceptors (Lipinski definition) is 0. The summed E-state index contributed by atoms with van der Waals surface area (Å²) in [7, 11) is 1.41. The zero-order valence-corrected chi connectivity index (χ0v) is 10.4. The van der Waals surface area contributed by atoms with E-state index in [2.05, 4.69) is 0 Å². The molecular formula is C14H11F4O+. The number of halogens is 4. The summed E-state index contributed by atoms with van der Waals surface area (Å²) in [6.07, 6.45) is 3.59. The molecule has 2 bridgehead atoms. The Morgan fingerprint density at radius 1 is 1.11 bits per heavy atom. The first-order valence-electron chi connectivity index (χ1n) is 5.87. The standard InChI is InChI=1S/C14H11F4O/c1-14-5-6(3-4-7(14)19-2)8-9(14)11(16)13(18)12(17)10(8)15/h3-4,6H,5H2,1-2H3/q+1. The van der Waals surface area contributed by atoms with E-state index in [0.717, 1.165) is 0 Å². The van der Waals surface area contributed by atoms with Crippen molar-refractivity contribution < 1.29 is 22.0 Å². The van der Waals surface area contributed by atoms with E-state index in [1.54, 1.807) is 19.1 Å². The molecule has 1 nitrogen and oxygen atoms in total. The molecule has 3 rings (SSSR count). The van der Waals surface area contributed by atoms with Gasteiger partial charge in [-0.1, -0.05) is 6.08 Å². The lowest BCUT2D eigenvalue weighted by Gasteiger charge is -2.21. The Kier molecular flexibility index (Phi) is 2.40. The molecule has 0 spiro atoms. The lowest BCUT2D eigenvalue weighted by molar-refractivity contribution is -0.422. The summed E-state index contributed by atoms with van der Waals surface area (Å²) in [5.41, 5.74) is -1.18. The molecule has 0 N–H and O–H groups in total. The van der Waals surface area contributed by atoms with Crippen molar-refractivity contribution in [1.29, 1.82) is 0 Å². The highest BCUT2D eigenvalue weighted by atomic mass is 19.2. The predicted octanol–water partition coefficient (Wildman–Crippen LogP) is 3.29. The van der Waals surface area contributed by atoms with Crippen molar-refractivity contribution in [3.05, 3.63) is 46.5 Å². The molecule has 2 aliphatic carbocycles. The number of carbonyl (C=O) groups excluding carboxylic acids is 1. The molecule has 2 atom stereocenters. The number of hydrogen-bond donors (Lipinski definition) is 0. The molecule has 0 radical (unpaired) electrons. The van der Waals surface area contributed by atoms with Gasteiger partial charge in [0.25, 0.3) is 7.11 Å². The van der Waals surface area contributed by atoms with Crippen molar-refractivity contribution in [3.8, 4) is 0 Å². The van der Waals surface area contributed by atoms with Crippen molar-refractivity contribution in [1.82, 2.24) is 0 Å². The van der Waals surface area contributed by atoms with Gasteiger partial charge in [0.05, 0.1) is 0 Å². The first-order valence-corrected chi connectivity index (χ1v) is 5.87. The van der Waals surface area contributed by atoms with Crippen LogP contribution in [0, 0.1) is 23.3 Å². The molecule has 0 heterocycles. The Balaban J connectivity index is 2.43. The molecule has 0 fully saturated rings. The fourth-order valence-electron chi connectivity index (χ4n) is 3.25. The van der Waals surface area contributed by atoms with Crippen molar-refractivity contribution in [2.45, 2.75) is 24.7 Å². The fraction of sp³-hybridized carbons (Fsp3) is 0.357. The Labute approximate surface area is 107 Å². The Morgan fingerprint density at radius 2 is 1.74 bits per heavy atom. The van der Waals surface area contributed by atoms with Gasteiger partial charge in [-0.25, -0.2) is 17.6 Å². The summed E-state index contributed by atoms with van der Waals surface area (Å²) in [6.45, 7) is 1.65. The molecule has 19 heavy (non-hydrogen) atoms. The van der Waals surface area contributed by atoms with E-state index in [1.807, 2.05) is 0 Å². The van der Waals surface area contributed by atoms with Crippen molar-refractivity contribution in [3.63, 3.8) is 0 Å². The highest BCUT2D eigenvalue weighted by Gasteiger charge is 2.55. The zero-order valence-electron chi connectivity index (χ0n) is 10.4. The molecule has 1 aromatic rings. The average molecular weight is 271 g/mol. The molecule has 0 saturated carbocycles. The summed E-state index contributed by atoms with van der Waals surface area (Å²) in [5.74, 6) is -6.17. The van der Waals surface area contributed by atoms with Gasteiger partial charge < -0.3 is 0 Å². The first kappa shape index (κ1) is 12.4. The quantitative estimate of drug-likeness (QED) is 0.297. The monoisotopic (exact) mass is 271 g/mol. The molecule has 5 heteroatoms. The van der Waals surface area contributed by atoms with E-state index in [0.29, 0.717) is 12.2 Å². The van der Waals surface area contributed by atoms with Crippen LogP contribution in [-0.2, 0) is 9.84 Å². The maximum Gasteiger partial charge on any atom is 0.329 e. The van der Waals surface area contributed by atoms with E-state index < -0.39 is 34.6 Å². The molecule has 100 valence electrons. The molecule has 0 saturated heterocycles. The number of benzene rings is 1. The maximum absolute atomic E-state index is 14.1. The second kappa shape index (κ2) is 3.68. The van der Waals surface area contributed by atoms with Crippen LogP contribution >= 0.6 is 0 Å². The predicted molar refractivity (Wildman–Crippen MR) is 61.1 cm³/mol. The van der Waals surface area contributed by atoms with Crippen LogP contribution in [0.5, 0.6) is 0 Å². The van der Waals surface area contributed by atoms with Gasteiger partial charge in [0.15, 0.2) is 23.3 Å².